The van der Waals surface area contributed by atoms with Crippen molar-refractivity contribution in [1.82, 2.24) is 0 Å². The van der Waals surface area contributed by atoms with Crippen LogP contribution in [0.15, 0.2) is 12.2 Å². The predicted molar refractivity (Wildman–Crippen MR) is 88.7 cm³/mol. The number of ether oxygens (including phenoxy) is 1. The summed E-state index contributed by atoms with van der Waals surface area (Å²) in [5.74, 6) is 0. The maximum Gasteiger partial charge on any atom is 0.147 e. The minimum Gasteiger partial charge on any atom is -0.385 e. The molecule has 0 unspecified atom stereocenters. The van der Waals surface area contributed by atoms with E-state index in [1.165, 1.54) is 0 Å². The standard InChI is InChI=1S/C15H21Br2ClO2/c1-11(2)14-7-9(16)12(3,18)8-10(14)20-15(11,17)6-5-13(14,4)19/h5-6,9-10,19H,7-8H2,1-4H3/t9-,10+,12+,13-,14+,15+/m1/s1. The van der Waals surface area contributed by atoms with Gasteiger partial charge >= 0.3 is 0 Å². The largest absolute Gasteiger partial charge is 0.385 e. The zero-order valence-corrected chi connectivity index (χ0v) is 16.1. The maximum atomic E-state index is 11.1. The van der Waals surface area contributed by atoms with Crippen molar-refractivity contribution in [2.75, 3.05) is 0 Å². The Morgan fingerprint density at radius 1 is 1.20 bits per heavy atom. The van der Waals surface area contributed by atoms with Crippen molar-refractivity contribution in [3.05, 3.63) is 12.2 Å². The molecule has 1 aliphatic heterocycles. The Kier molecular flexibility index (Phi) is 3.20. The highest BCUT2D eigenvalue weighted by atomic mass is 79.9. The number of alkyl halides is 3. The zero-order chi connectivity index (χ0) is 15.2. The summed E-state index contributed by atoms with van der Waals surface area (Å²) in [4.78, 5) is -0.216. The van der Waals surface area contributed by atoms with Crippen LogP contribution in [0.1, 0.15) is 40.5 Å². The summed E-state index contributed by atoms with van der Waals surface area (Å²) in [6, 6.07) is 0. The summed E-state index contributed by atoms with van der Waals surface area (Å²) in [5.41, 5.74) is -1.50. The van der Waals surface area contributed by atoms with Gasteiger partial charge < -0.3 is 9.84 Å². The van der Waals surface area contributed by atoms with E-state index in [4.69, 9.17) is 16.3 Å². The molecule has 0 aromatic heterocycles. The number of hydrogen-bond donors (Lipinski definition) is 1. The van der Waals surface area contributed by atoms with Crippen molar-refractivity contribution in [3.63, 3.8) is 0 Å². The normalized spacial score (nSPS) is 60.4. The molecule has 1 heterocycles. The minimum atomic E-state index is -0.908. The van der Waals surface area contributed by atoms with Crippen molar-refractivity contribution >= 4 is 43.5 Å². The van der Waals surface area contributed by atoms with Gasteiger partial charge in [-0.3, -0.25) is 0 Å². The molecule has 0 radical (unpaired) electrons. The van der Waals surface area contributed by atoms with Crippen molar-refractivity contribution in [2.24, 2.45) is 10.8 Å². The van der Waals surface area contributed by atoms with E-state index in [1.807, 2.05) is 26.0 Å². The summed E-state index contributed by atoms with van der Waals surface area (Å²) >= 11 is 14.2. The van der Waals surface area contributed by atoms with E-state index in [1.54, 1.807) is 0 Å². The minimum absolute atomic E-state index is 0.0711. The van der Waals surface area contributed by atoms with Gasteiger partial charge in [0.05, 0.1) is 16.6 Å². The Hall–Kier alpha value is 0.910. The molecule has 0 aromatic rings. The molecule has 5 heteroatoms. The maximum absolute atomic E-state index is 11.1. The first-order valence-electron chi connectivity index (χ1n) is 7.02. The second-order valence-corrected chi connectivity index (χ2v) is 10.6. The van der Waals surface area contributed by atoms with E-state index in [0.29, 0.717) is 0 Å². The van der Waals surface area contributed by atoms with E-state index < -0.39 is 10.1 Å². The number of hydrogen-bond acceptors (Lipinski definition) is 2. The third-order valence-corrected chi connectivity index (χ3v) is 9.55. The Morgan fingerprint density at radius 2 is 1.80 bits per heavy atom. The smallest absolute Gasteiger partial charge is 0.147 e. The van der Waals surface area contributed by atoms with Crippen LogP contribution in [-0.4, -0.2) is 31.0 Å². The highest BCUT2D eigenvalue weighted by Crippen LogP contribution is 2.73. The molecule has 1 spiro atoms. The fraction of sp³-hybridized carbons (Fsp3) is 0.867. The zero-order valence-electron chi connectivity index (χ0n) is 12.2. The highest BCUT2D eigenvalue weighted by Gasteiger charge is 2.76. The molecule has 2 fully saturated rings. The molecule has 1 saturated carbocycles. The average Bonchev–Trinajstić information content (AvgIpc) is 2.37. The summed E-state index contributed by atoms with van der Waals surface area (Å²) in [7, 11) is 0. The number of rotatable bonds is 0. The van der Waals surface area contributed by atoms with Crippen LogP contribution in [0, 0.1) is 10.8 Å². The molecule has 2 aliphatic carbocycles. The summed E-state index contributed by atoms with van der Waals surface area (Å²) in [5, 5.41) is 11.1. The van der Waals surface area contributed by atoms with Crippen molar-refractivity contribution in [3.8, 4) is 0 Å². The van der Waals surface area contributed by atoms with Gasteiger partial charge in [-0.1, -0.05) is 35.9 Å². The second kappa shape index (κ2) is 4.05. The van der Waals surface area contributed by atoms with E-state index in [-0.39, 0.29) is 26.6 Å². The van der Waals surface area contributed by atoms with Gasteiger partial charge in [-0.15, -0.1) is 11.6 Å². The monoisotopic (exact) mass is 426 g/mol. The Balaban J connectivity index is 2.21. The Bertz CT molecular complexity index is 488. The van der Waals surface area contributed by atoms with E-state index in [9.17, 15) is 5.11 Å². The first-order valence-corrected chi connectivity index (χ1v) is 9.11. The molecule has 1 saturated heterocycles. The van der Waals surface area contributed by atoms with Crippen molar-refractivity contribution in [1.29, 1.82) is 0 Å². The van der Waals surface area contributed by atoms with Gasteiger partial charge in [-0.25, -0.2) is 0 Å². The van der Waals surface area contributed by atoms with Gasteiger partial charge in [-0.05, 0) is 48.7 Å². The van der Waals surface area contributed by atoms with E-state index in [2.05, 4.69) is 45.7 Å². The van der Waals surface area contributed by atoms with Gasteiger partial charge in [-0.2, -0.15) is 0 Å². The fourth-order valence-electron chi connectivity index (χ4n) is 4.58. The third-order valence-electron chi connectivity index (χ3n) is 6.10. The molecule has 20 heavy (non-hydrogen) atoms. The van der Waals surface area contributed by atoms with Crippen LogP contribution in [-0.2, 0) is 4.74 Å². The van der Waals surface area contributed by atoms with Crippen LogP contribution in [0.4, 0.5) is 0 Å². The summed E-state index contributed by atoms with van der Waals surface area (Å²) < 4.78 is 5.84. The highest BCUT2D eigenvalue weighted by molar-refractivity contribution is 9.10. The third kappa shape index (κ3) is 1.58. The lowest BCUT2D eigenvalue weighted by Gasteiger charge is -2.59. The topological polar surface area (TPSA) is 29.5 Å². The van der Waals surface area contributed by atoms with Crippen LogP contribution in [0.5, 0.6) is 0 Å². The van der Waals surface area contributed by atoms with Crippen LogP contribution in [0.2, 0.25) is 0 Å². The number of aliphatic hydroxyl groups is 1. The van der Waals surface area contributed by atoms with Crippen molar-refractivity contribution in [2.45, 2.75) is 66.5 Å². The average molecular weight is 429 g/mol. The van der Waals surface area contributed by atoms with Gasteiger partial charge in [0, 0.05) is 15.7 Å². The quantitative estimate of drug-likeness (QED) is 0.459. The SMILES string of the molecule is CC1(C)[C@]23C[C@@H](Br)[C@@](C)(Cl)C[C@@H]2O[C@@]1(Br)C=C[C@@]3(C)O. The van der Waals surface area contributed by atoms with Gasteiger partial charge in [0.2, 0.25) is 0 Å². The number of fused-ring (bicyclic) bond motifs is 1. The van der Waals surface area contributed by atoms with Crippen LogP contribution in [0.3, 0.4) is 0 Å². The summed E-state index contributed by atoms with van der Waals surface area (Å²) in [6.07, 6.45) is 5.29. The van der Waals surface area contributed by atoms with Crippen LogP contribution < -0.4 is 0 Å². The lowest BCUT2D eigenvalue weighted by molar-refractivity contribution is -0.132. The van der Waals surface area contributed by atoms with Crippen molar-refractivity contribution < 1.29 is 9.84 Å². The molecule has 3 rings (SSSR count). The fourth-order valence-corrected chi connectivity index (χ4v) is 6.21. The van der Waals surface area contributed by atoms with E-state index >= 15 is 0 Å². The van der Waals surface area contributed by atoms with Crippen LogP contribution >= 0.6 is 43.5 Å². The predicted octanol–water partition coefficient (Wildman–Crippen LogP) is 4.36. The lowest BCUT2D eigenvalue weighted by atomic mass is 9.47. The molecule has 0 amide bonds. The lowest BCUT2D eigenvalue weighted by Crippen LogP contribution is -2.65. The molecule has 114 valence electrons. The number of halogens is 3. The molecular weight excluding hydrogens is 407 g/mol. The first-order chi connectivity index (χ1) is 8.90. The Morgan fingerprint density at radius 3 is 2.40 bits per heavy atom. The van der Waals surface area contributed by atoms with Gasteiger partial charge in [0.1, 0.15) is 4.51 Å². The Labute approximate surface area is 142 Å². The molecule has 3 aliphatic rings. The first kappa shape index (κ1) is 15.8. The molecule has 2 nitrogen and oxygen atoms in total. The molecule has 1 N–H and O–H groups in total. The summed E-state index contributed by atoms with van der Waals surface area (Å²) in [6.45, 7) is 8.30. The van der Waals surface area contributed by atoms with E-state index in [0.717, 1.165) is 12.8 Å². The molecule has 6 atom stereocenters. The molecule has 0 aromatic carbocycles. The molecular formula is C15H21Br2ClO2. The van der Waals surface area contributed by atoms with Gasteiger partial charge in [0.25, 0.3) is 0 Å². The van der Waals surface area contributed by atoms with Crippen LogP contribution in [0.25, 0.3) is 0 Å². The molecule has 2 bridgehead atoms. The van der Waals surface area contributed by atoms with Gasteiger partial charge in [0.15, 0.2) is 0 Å². The second-order valence-electron chi connectivity index (χ2n) is 7.48.